The molecule has 0 spiro atoms. The number of ether oxygens (including phenoxy) is 1. The molecule has 2 aromatic carbocycles. The van der Waals surface area contributed by atoms with Gasteiger partial charge in [-0.25, -0.2) is 4.39 Å². The third-order valence-corrected chi connectivity index (χ3v) is 3.50. The van der Waals surface area contributed by atoms with Crippen LogP contribution in [0.1, 0.15) is 34.5 Å². The molecule has 1 unspecified atom stereocenters. The molecule has 0 aromatic heterocycles. The van der Waals surface area contributed by atoms with Crippen molar-refractivity contribution in [1.29, 1.82) is 0 Å². The number of halogens is 4. The molecule has 0 fully saturated rings. The van der Waals surface area contributed by atoms with Crippen LogP contribution >= 0.6 is 0 Å². The van der Waals surface area contributed by atoms with E-state index in [1.165, 1.54) is 19.2 Å². The van der Waals surface area contributed by atoms with Crippen molar-refractivity contribution in [2.45, 2.75) is 19.1 Å². The molecule has 3 nitrogen and oxygen atoms in total. The first-order chi connectivity index (χ1) is 11.2. The Hall–Kier alpha value is -2.57. The molecule has 1 amide bonds. The van der Waals surface area contributed by atoms with Crippen molar-refractivity contribution < 1.29 is 27.1 Å². The molecular formula is C17H15F4NO2. The number of hydrogen-bond donors (Lipinski definition) is 1. The number of rotatable bonds is 4. The molecule has 7 heteroatoms. The van der Waals surface area contributed by atoms with E-state index in [0.717, 1.165) is 24.3 Å². The largest absolute Gasteiger partial charge is 0.494 e. The molecule has 0 radical (unpaired) electrons. The first-order valence-corrected chi connectivity index (χ1v) is 7.04. The molecule has 24 heavy (non-hydrogen) atoms. The maximum absolute atomic E-state index is 13.7. The first-order valence-electron chi connectivity index (χ1n) is 7.04. The minimum Gasteiger partial charge on any atom is -0.494 e. The number of amides is 1. The van der Waals surface area contributed by atoms with Gasteiger partial charge in [-0.2, -0.15) is 13.2 Å². The Kier molecular flexibility index (Phi) is 5.11. The molecule has 0 aliphatic carbocycles. The highest BCUT2D eigenvalue weighted by molar-refractivity contribution is 5.94. The van der Waals surface area contributed by atoms with Crippen LogP contribution in [0, 0.1) is 5.82 Å². The lowest BCUT2D eigenvalue weighted by atomic mass is 10.1. The van der Waals surface area contributed by atoms with Crippen molar-refractivity contribution in [3.8, 4) is 5.75 Å². The summed E-state index contributed by atoms with van der Waals surface area (Å²) in [6, 6.07) is 7.61. The molecule has 0 bridgehead atoms. The van der Waals surface area contributed by atoms with Crippen molar-refractivity contribution in [3.05, 3.63) is 65.0 Å². The highest BCUT2D eigenvalue weighted by Gasteiger charge is 2.30. The van der Waals surface area contributed by atoms with Gasteiger partial charge >= 0.3 is 6.18 Å². The van der Waals surface area contributed by atoms with Crippen molar-refractivity contribution in [2.24, 2.45) is 0 Å². The van der Waals surface area contributed by atoms with E-state index in [2.05, 4.69) is 5.32 Å². The molecule has 2 aromatic rings. The molecule has 128 valence electrons. The molecule has 0 saturated carbocycles. The first kappa shape index (κ1) is 17.8. The Labute approximate surface area is 136 Å². The summed E-state index contributed by atoms with van der Waals surface area (Å²) in [4.78, 5) is 12.1. The molecular weight excluding hydrogens is 326 g/mol. The summed E-state index contributed by atoms with van der Waals surface area (Å²) in [5.41, 5.74) is -0.235. The van der Waals surface area contributed by atoms with Gasteiger partial charge in [-0.05, 0) is 48.9 Å². The van der Waals surface area contributed by atoms with Gasteiger partial charge < -0.3 is 10.1 Å². The number of methoxy groups -OCH3 is 1. The van der Waals surface area contributed by atoms with Crippen LogP contribution in [0.15, 0.2) is 42.5 Å². The lowest BCUT2D eigenvalue weighted by Gasteiger charge is -2.15. The third kappa shape index (κ3) is 4.04. The van der Waals surface area contributed by atoms with Gasteiger partial charge in [0.2, 0.25) is 0 Å². The average molecular weight is 341 g/mol. The zero-order valence-corrected chi connectivity index (χ0v) is 12.9. The summed E-state index contributed by atoms with van der Waals surface area (Å²) in [5, 5.41) is 2.61. The van der Waals surface area contributed by atoms with E-state index < -0.39 is 29.5 Å². The summed E-state index contributed by atoms with van der Waals surface area (Å²) < 4.78 is 56.0. The minimum atomic E-state index is -4.46. The van der Waals surface area contributed by atoms with Crippen LogP contribution in [0.25, 0.3) is 0 Å². The van der Waals surface area contributed by atoms with Crippen LogP contribution in [0.5, 0.6) is 5.75 Å². The third-order valence-electron chi connectivity index (χ3n) is 3.50. The zero-order valence-electron chi connectivity index (χ0n) is 12.9. The Morgan fingerprint density at radius 1 is 1.12 bits per heavy atom. The molecule has 0 heterocycles. The van der Waals surface area contributed by atoms with Crippen LogP contribution in [0.2, 0.25) is 0 Å². The standard InChI is InChI=1S/C17H15F4NO2/c1-10(12-5-8-15(24-2)14(18)9-12)22-16(23)11-3-6-13(7-4-11)17(19,20)21/h3-10H,1-2H3,(H,22,23). The van der Waals surface area contributed by atoms with E-state index in [9.17, 15) is 22.4 Å². The van der Waals surface area contributed by atoms with Gasteiger partial charge in [-0.1, -0.05) is 6.07 Å². The second kappa shape index (κ2) is 6.90. The topological polar surface area (TPSA) is 38.3 Å². The second-order valence-electron chi connectivity index (χ2n) is 5.16. The fraction of sp³-hybridized carbons (Fsp3) is 0.235. The smallest absolute Gasteiger partial charge is 0.416 e. The maximum Gasteiger partial charge on any atom is 0.416 e. The predicted molar refractivity (Wildman–Crippen MR) is 80.3 cm³/mol. The Morgan fingerprint density at radius 3 is 2.25 bits per heavy atom. The zero-order chi connectivity index (χ0) is 17.9. The van der Waals surface area contributed by atoms with Crippen molar-refractivity contribution in [2.75, 3.05) is 7.11 Å². The number of nitrogens with one attached hydrogen (secondary N) is 1. The normalized spacial score (nSPS) is 12.6. The Morgan fingerprint density at radius 2 is 1.75 bits per heavy atom. The summed E-state index contributed by atoms with van der Waals surface area (Å²) in [7, 11) is 1.34. The van der Waals surface area contributed by atoms with Crippen molar-refractivity contribution in [3.63, 3.8) is 0 Å². The lowest BCUT2D eigenvalue weighted by Crippen LogP contribution is -2.26. The van der Waals surface area contributed by atoms with Crippen molar-refractivity contribution in [1.82, 2.24) is 5.32 Å². The lowest BCUT2D eigenvalue weighted by molar-refractivity contribution is -0.137. The van der Waals surface area contributed by atoms with Crippen LogP contribution < -0.4 is 10.1 Å². The highest BCUT2D eigenvalue weighted by atomic mass is 19.4. The van der Waals surface area contributed by atoms with Gasteiger partial charge in [-0.3, -0.25) is 4.79 Å². The van der Waals surface area contributed by atoms with E-state index in [1.807, 2.05) is 0 Å². The maximum atomic E-state index is 13.7. The summed E-state index contributed by atoms with van der Waals surface area (Å²) in [6.45, 7) is 1.64. The monoisotopic (exact) mass is 341 g/mol. The van der Waals surface area contributed by atoms with Gasteiger partial charge in [0.15, 0.2) is 11.6 Å². The van der Waals surface area contributed by atoms with Gasteiger partial charge in [-0.15, -0.1) is 0 Å². The second-order valence-corrected chi connectivity index (χ2v) is 5.16. The number of alkyl halides is 3. The summed E-state index contributed by atoms with van der Waals surface area (Å²) in [6.07, 6.45) is -4.46. The van der Waals surface area contributed by atoms with E-state index in [4.69, 9.17) is 4.74 Å². The summed E-state index contributed by atoms with van der Waals surface area (Å²) in [5.74, 6) is -1.03. The van der Waals surface area contributed by atoms with E-state index in [-0.39, 0.29) is 11.3 Å². The van der Waals surface area contributed by atoms with Gasteiger partial charge in [0.1, 0.15) is 0 Å². The van der Waals surface area contributed by atoms with Crippen LogP contribution in [0.4, 0.5) is 17.6 Å². The molecule has 0 aliphatic rings. The summed E-state index contributed by atoms with van der Waals surface area (Å²) >= 11 is 0. The quantitative estimate of drug-likeness (QED) is 0.840. The highest BCUT2D eigenvalue weighted by Crippen LogP contribution is 2.29. The predicted octanol–water partition coefficient (Wildman–Crippen LogP) is 4.34. The number of carbonyl (C=O) groups excluding carboxylic acids is 1. The van der Waals surface area contributed by atoms with Crippen LogP contribution in [-0.4, -0.2) is 13.0 Å². The van der Waals surface area contributed by atoms with Gasteiger partial charge in [0, 0.05) is 5.56 Å². The van der Waals surface area contributed by atoms with Gasteiger partial charge in [0.25, 0.3) is 5.91 Å². The number of benzene rings is 2. The Balaban J connectivity index is 2.10. The minimum absolute atomic E-state index is 0.0833. The molecule has 1 atom stereocenters. The average Bonchev–Trinajstić information content (AvgIpc) is 2.54. The Bertz CT molecular complexity index is 726. The van der Waals surface area contributed by atoms with Crippen molar-refractivity contribution >= 4 is 5.91 Å². The number of hydrogen-bond acceptors (Lipinski definition) is 2. The van der Waals surface area contributed by atoms with E-state index in [1.54, 1.807) is 13.0 Å². The SMILES string of the molecule is COc1ccc(C(C)NC(=O)c2ccc(C(F)(F)F)cc2)cc1F. The van der Waals surface area contributed by atoms with E-state index in [0.29, 0.717) is 5.56 Å². The molecule has 2 rings (SSSR count). The van der Waals surface area contributed by atoms with Crippen LogP contribution in [0.3, 0.4) is 0 Å². The molecule has 0 aliphatic heterocycles. The number of carbonyl (C=O) groups is 1. The van der Waals surface area contributed by atoms with E-state index >= 15 is 0 Å². The van der Waals surface area contributed by atoms with Crippen LogP contribution in [-0.2, 0) is 6.18 Å². The molecule has 0 saturated heterocycles. The fourth-order valence-electron chi connectivity index (χ4n) is 2.13. The van der Waals surface area contributed by atoms with Gasteiger partial charge in [0.05, 0.1) is 18.7 Å². The fourth-order valence-corrected chi connectivity index (χ4v) is 2.13. The molecule has 1 N–H and O–H groups in total.